The van der Waals surface area contributed by atoms with Crippen molar-refractivity contribution in [2.75, 3.05) is 5.32 Å². The molecule has 0 aliphatic carbocycles. The third-order valence-electron chi connectivity index (χ3n) is 3.24. The topological polar surface area (TPSA) is 98.5 Å². The van der Waals surface area contributed by atoms with E-state index in [2.05, 4.69) is 21.2 Å². The summed E-state index contributed by atoms with van der Waals surface area (Å²) in [7, 11) is 0. The van der Waals surface area contributed by atoms with Gasteiger partial charge in [0.05, 0.1) is 5.56 Å². The Morgan fingerprint density at radius 1 is 1.16 bits per heavy atom. The number of ether oxygens (including phenoxy) is 1. The molecule has 8 heteroatoms. The number of anilines is 1. The van der Waals surface area contributed by atoms with Crippen LogP contribution in [-0.2, 0) is 9.53 Å². The number of carbonyl (C=O) groups is 3. The third kappa shape index (κ3) is 4.87. The van der Waals surface area contributed by atoms with Crippen LogP contribution in [-0.4, -0.2) is 23.9 Å². The fraction of sp³-hybridized carbons (Fsp3) is 0.118. The van der Waals surface area contributed by atoms with E-state index in [0.29, 0.717) is 15.7 Å². The first kappa shape index (κ1) is 18.6. The molecule has 2 amide bonds. The molecule has 0 unspecified atom stereocenters. The van der Waals surface area contributed by atoms with Crippen molar-refractivity contribution in [3.8, 4) is 0 Å². The lowest BCUT2D eigenvalue weighted by molar-refractivity contribution is -0.123. The number of amides is 2. The number of halogens is 2. The fourth-order valence-electron chi connectivity index (χ4n) is 1.89. The van der Waals surface area contributed by atoms with Crippen LogP contribution in [0.2, 0.25) is 0 Å². The van der Waals surface area contributed by atoms with Crippen LogP contribution in [0.25, 0.3) is 0 Å². The summed E-state index contributed by atoms with van der Waals surface area (Å²) in [6.45, 7) is 1.39. The van der Waals surface area contributed by atoms with Gasteiger partial charge in [-0.1, -0.05) is 0 Å². The molecule has 1 atom stereocenters. The summed E-state index contributed by atoms with van der Waals surface area (Å²) in [5, 5.41) is 2.54. The molecule has 130 valence electrons. The third-order valence-corrected chi connectivity index (χ3v) is 3.93. The number of primary amides is 1. The molecular weight excluding hydrogens is 395 g/mol. The zero-order valence-corrected chi connectivity index (χ0v) is 14.7. The SMILES string of the molecule is C[C@H](OC(=O)c1cc(F)ccc1Br)C(=O)Nc1ccc(C(N)=O)cc1. The van der Waals surface area contributed by atoms with E-state index in [1.807, 2.05) is 0 Å². The van der Waals surface area contributed by atoms with E-state index >= 15 is 0 Å². The summed E-state index contributed by atoms with van der Waals surface area (Å²) in [6.07, 6.45) is -1.11. The van der Waals surface area contributed by atoms with E-state index in [1.54, 1.807) is 0 Å². The Bertz CT molecular complexity index is 824. The van der Waals surface area contributed by atoms with Gasteiger partial charge in [-0.15, -0.1) is 0 Å². The maximum absolute atomic E-state index is 13.2. The van der Waals surface area contributed by atoms with Crippen LogP contribution in [0.15, 0.2) is 46.9 Å². The summed E-state index contributed by atoms with van der Waals surface area (Å²) >= 11 is 3.12. The minimum absolute atomic E-state index is 0.0227. The molecule has 6 nitrogen and oxygen atoms in total. The molecule has 0 aromatic heterocycles. The highest BCUT2D eigenvalue weighted by molar-refractivity contribution is 9.10. The Balaban J connectivity index is 2.01. The summed E-state index contributed by atoms with van der Waals surface area (Å²) in [5.74, 6) is -2.59. The predicted molar refractivity (Wildman–Crippen MR) is 92.6 cm³/mol. The van der Waals surface area contributed by atoms with Gasteiger partial charge in [-0.3, -0.25) is 9.59 Å². The lowest BCUT2D eigenvalue weighted by Crippen LogP contribution is -2.30. The molecule has 0 heterocycles. The van der Waals surface area contributed by atoms with Gasteiger partial charge in [0.15, 0.2) is 6.10 Å². The molecule has 0 saturated heterocycles. The van der Waals surface area contributed by atoms with Crippen molar-refractivity contribution < 1.29 is 23.5 Å². The molecular formula is C17H14BrFN2O4. The number of benzene rings is 2. The normalized spacial score (nSPS) is 11.5. The molecule has 0 aliphatic heterocycles. The van der Waals surface area contributed by atoms with E-state index in [-0.39, 0.29) is 5.56 Å². The van der Waals surface area contributed by atoms with Gasteiger partial charge in [-0.05, 0) is 65.3 Å². The van der Waals surface area contributed by atoms with E-state index in [9.17, 15) is 18.8 Å². The van der Waals surface area contributed by atoms with Crippen molar-refractivity contribution in [2.24, 2.45) is 5.73 Å². The Morgan fingerprint density at radius 2 is 1.80 bits per heavy atom. The van der Waals surface area contributed by atoms with Gasteiger partial charge in [-0.2, -0.15) is 0 Å². The molecule has 2 rings (SSSR count). The predicted octanol–water partition coefficient (Wildman–Crippen LogP) is 2.87. The summed E-state index contributed by atoms with van der Waals surface area (Å²) in [6, 6.07) is 9.48. The molecule has 0 saturated carbocycles. The lowest BCUT2D eigenvalue weighted by atomic mass is 10.2. The van der Waals surface area contributed by atoms with E-state index in [0.717, 1.165) is 6.07 Å². The first-order chi connectivity index (χ1) is 11.8. The number of nitrogens with one attached hydrogen (secondary N) is 1. The van der Waals surface area contributed by atoms with Gasteiger partial charge >= 0.3 is 5.97 Å². The van der Waals surface area contributed by atoms with Crippen molar-refractivity contribution >= 4 is 39.4 Å². The van der Waals surface area contributed by atoms with E-state index in [4.69, 9.17) is 10.5 Å². The average molecular weight is 409 g/mol. The highest BCUT2D eigenvalue weighted by Gasteiger charge is 2.21. The molecule has 25 heavy (non-hydrogen) atoms. The van der Waals surface area contributed by atoms with Gasteiger partial charge in [0.25, 0.3) is 5.91 Å². The van der Waals surface area contributed by atoms with Crippen LogP contribution in [0.5, 0.6) is 0 Å². The number of hydrogen-bond donors (Lipinski definition) is 2. The average Bonchev–Trinajstić information content (AvgIpc) is 2.57. The van der Waals surface area contributed by atoms with Crippen molar-refractivity contribution in [2.45, 2.75) is 13.0 Å². The minimum Gasteiger partial charge on any atom is -0.449 e. The van der Waals surface area contributed by atoms with Gasteiger partial charge in [0.1, 0.15) is 5.82 Å². The second-order valence-corrected chi connectivity index (χ2v) is 5.96. The summed E-state index contributed by atoms with van der Waals surface area (Å²) in [4.78, 5) is 35.1. The molecule has 3 N–H and O–H groups in total. The monoisotopic (exact) mass is 408 g/mol. The Hall–Kier alpha value is -2.74. The van der Waals surface area contributed by atoms with Crippen molar-refractivity contribution in [1.82, 2.24) is 0 Å². The smallest absolute Gasteiger partial charge is 0.340 e. The number of carbonyl (C=O) groups excluding carboxylic acids is 3. The Kier molecular flexibility index (Phi) is 5.87. The number of esters is 1. The van der Waals surface area contributed by atoms with Crippen LogP contribution in [0.1, 0.15) is 27.6 Å². The highest BCUT2D eigenvalue weighted by atomic mass is 79.9. The van der Waals surface area contributed by atoms with E-state index < -0.39 is 29.7 Å². The Labute approximate surface area is 151 Å². The second kappa shape index (κ2) is 7.89. The second-order valence-electron chi connectivity index (χ2n) is 5.10. The summed E-state index contributed by atoms with van der Waals surface area (Å²) in [5.41, 5.74) is 5.82. The Morgan fingerprint density at radius 3 is 2.40 bits per heavy atom. The summed E-state index contributed by atoms with van der Waals surface area (Å²) < 4.78 is 18.6. The van der Waals surface area contributed by atoms with Crippen LogP contribution in [0, 0.1) is 5.82 Å². The molecule has 0 fully saturated rings. The maximum atomic E-state index is 13.2. The van der Waals surface area contributed by atoms with Gasteiger partial charge in [0, 0.05) is 15.7 Å². The molecule has 0 bridgehead atoms. The molecule has 0 radical (unpaired) electrons. The maximum Gasteiger partial charge on any atom is 0.340 e. The van der Waals surface area contributed by atoms with Gasteiger partial charge in [0.2, 0.25) is 5.91 Å². The van der Waals surface area contributed by atoms with Gasteiger partial charge < -0.3 is 15.8 Å². The zero-order valence-electron chi connectivity index (χ0n) is 13.1. The lowest BCUT2D eigenvalue weighted by Gasteiger charge is -2.14. The quantitative estimate of drug-likeness (QED) is 0.742. The van der Waals surface area contributed by atoms with Crippen molar-refractivity contribution in [3.05, 3.63) is 63.9 Å². The zero-order chi connectivity index (χ0) is 18.6. The van der Waals surface area contributed by atoms with Crippen molar-refractivity contribution in [3.63, 3.8) is 0 Å². The van der Waals surface area contributed by atoms with Crippen LogP contribution in [0.4, 0.5) is 10.1 Å². The number of hydrogen-bond acceptors (Lipinski definition) is 4. The highest BCUT2D eigenvalue weighted by Crippen LogP contribution is 2.19. The van der Waals surface area contributed by atoms with Crippen LogP contribution in [0.3, 0.4) is 0 Å². The molecule has 2 aromatic carbocycles. The number of rotatable bonds is 5. The van der Waals surface area contributed by atoms with E-state index in [1.165, 1.54) is 43.3 Å². The molecule has 2 aromatic rings. The van der Waals surface area contributed by atoms with Crippen molar-refractivity contribution in [1.29, 1.82) is 0 Å². The fourth-order valence-corrected chi connectivity index (χ4v) is 2.30. The first-order valence-electron chi connectivity index (χ1n) is 7.14. The number of nitrogens with two attached hydrogens (primary N) is 1. The minimum atomic E-state index is -1.11. The largest absolute Gasteiger partial charge is 0.449 e. The van der Waals surface area contributed by atoms with Gasteiger partial charge in [-0.25, -0.2) is 9.18 Å². The standard InChI is InChI=1S/C17H14BrFN2O4/c1-9(25-17(24)13-8-11(19)4-7-14(13)18)16(23)21-12-5-2-10(3-6-12)15(20)22/h2-9H,1H3,(H2,20,22)(H,21,23)/t9-/m0/s1. The molecule has 0 spiro atoms. The van der Waals surface area contributed by atoms with Crippen LogP contribution >= 0.6 is 15.9 Å². The first-order valence-corrected chi connectivity index (χ1v) is 7.94. The molecule has 0 aliphatic rings. The van der Waals surface area contributed by atoms with Crippen LogP contribution < -0.4 is 11.1 Å².